The lowest BCUT2D eigenvalue weighted by Crippen LogP contribution is -1.90. The second kappa shape index (κ2) is 6.08. The van der Waals surface area contributed by atoms with Crippen molar-refractivity contribution in [3.8, 4) is 11.5 Å². The molecule has 7 heteroatoms. The number of hydrogen-bond acceptors (Lipinski definition) is 6. The zero-order valence-corrected chi connectivity index (χ0v) is 11.8. The molecule has 110 valence electrons. The molecule has 0 bridgehead atoms. The minimum absolute atomic E-state index is 0.0966. The smallest absolute Gasteiger partial charge is 0.338 e. The van der Waals surface area contributed by atoms with Crippen LogP contribution in [0.5, 0.6) is 11.5 Å². The molecule has 7 nitrogen and oxygen atoms in total. The predicted octanol–water partition coefficient (Wildman–Crippen LogP) is 3.08. The lowest BCUT2D eigenvalue weighted by Gasteiger charge is -2.05. The molecule has 2 aromatic rings. The van der Waals surface area contributed by atoms with Gasteiger partial charge < -0.3 is 14.0 Å². The summed E-state index contributed by atoms with van der Waals surface area (Å²) >= 11 is 0. The molecule has 0 saturated carbocycles. The second-order valence-corrected chi connectivity index (χ2v) is 4.22. The number of ether oxygens (including phenoxy) is 2. The van der Waals surface area contributed by atoms with Crippen molar-refractivity contribution in [2.45, 2.75) is 6.92 Å². The minimum atomic E-state index is -0.516. The summed E-state index contributed by atoms with van der Waals surface area (Å²) in [5.74, 6) is 1.34. The zero-order chi connectivity index (χ0) is 15.4. The fraction of sp³-hybridized carbons (Fsp3) is 0.214. The fourth-order valence-electron chi connectivity index (χ4n) is 1.81. The second-order valence-electron chi connectivity index (χ2n) is 4.22. The number of methoxy groups -OCH3 is 2. The Morgan fingerprint density at radius 2 is 1.81 bits per heavy atom. The van der Waals surface area contributed by atoms with Gasteiger partial charge in [-0.25, -0.2) is 0 Å². The molecule has 0 spiro atoms. The van der Waals surface area contributed by atoms with Gasteiger partial charge in [-0.15, -0.1) is 0 Å². The summed E-state index contributed by atoms with van der Waals surface area (Å²) in [6, 6.07) is 5.28. The molecule has 2 rings (SSSR count). The number of benzene rings is 1. The molecule has 1 aromatic heterocycles. The van der Waals surface area contributed by atoms with Gasteiger partial charge in [-0.1, -0.05) is 11.2 Å². The summed E-state index contributed by atoms with van der Waals surface area (Å²) in [4.78, 5) is 10.4. The number of rotatable bonds is 5. The van der Waals surface area contributed by atoms with E-state index in [1.807, 2.05) is 0 Å². The maximum Gasteiger partial charge on any atom is 0.338 e. The average molecular weight is 290 g/mol. The molecule has 1 aromatic carbocycles. The van der Waals surface area contributed by atoms with Crippen LogP contribution >= 0.6 is 0 Å². The Labute approximate surface area is 120 Å². The molecule has 0 aliphatic carbocycles. The first-order valence-corrected chi connectivity index (χ1v) is 6.07. The predicted molar refractivity (Wildman–Crippen MR) is 76.4 cm³/mol. The van der Waals surface area contributed by atoms with Gasteiger partial charge in [0.1, 0.15) is 11.5 Å². The Hall–Kier alpha value is -2.83. The number of nitro groups is 1. The van der Waals surface area contributed by atoms with E-state index >= 15 is 0 Å². The van der Waals surface area contributed by atoms with Crippen molar-refractivity contribution in [3.05, 3.63) is 45.3 Å². The van der Waals surface area contributed by atoms with E-state index in [-0.39, 0.29) is 17.1 Å². The number of nitrogens with zero attached hydrogens (tertiary/aromatic N) is 2. The highest BCUT2D eigenvalue weighted by Gasteiger charge is 2.21. The first kappa shape index (κ1) is 14.6. The third kappa shape index (κ3) is 3.19. The van der Waals surface area contributed by atoms with Gasteiger partial charge in [0.25, 0.3) is 0 Å². The Balaban J connectivity index is 2.35. The van der Waals surface area contributed by atoms with Gasteiger partial charge in [-0.05, 0) is 30.7 Å². The quantitative estimate of drug-likeness (QED) is 0.621. The van der Waals surface area contributed by atoms with Crippen molar-refractivity contribution < 1.29 is 18.9 Å². The van der Waals surface area contributed by atoms with E-state index in [1.165, 1.54) is 13.0 Å². The fourth-order valence-corrected chi connectivity index (χ4v) is 1.81. The third-order valence-electron chi connectivity index (χ3n) is 2.84. The highest BCUT2D eigenvalue weighted by molar-refractivity contribution is 5.72. The molecule has 0 fully saturated rings. The van der Waals surface area contributed by atoms with Crippen LogP contribution in [0.2, 0.25) is 0 Å². The topological polar surface area (TPSA) is 87.6 Å². The van der Waals surface area contributed by atoms with Crippen LogP contribution in [-0.2, 0) is 0 Å². The molecule has 0 radical (unpaired) electrons. The summed E-state index contributed by atoms with van der Waals surface area (Å²) in [6.45, 7) is 1.52. The SMILES string of the molecule is COc1cc(/C=C\c2onc(C)c2[N+](=O)[O-])cc(OC)c1. The van der Waals surface area contributed by atoms with E-state index in [9.17, 15) is 10.1 Å². The van der Waals surface area contributed by atoms with Crippen LogP contribution in [0.3, 0.4) is 0 Å². The normalized spacial score (nSPS) is 10.8. The van der Waals surface area contributed by atoms with E-state index in [1.54, 1.807) is 38.5 Å². The van der Waals surface area contributed by atoms with Gasteiger partial charge in [0.05, 0.1) is 19.1 Å². The molecule has 1 heterocycles. The molecule has 21 heavy (non-hydrogen) atoms. The van der Waals surface area contributed by atoms with Gasteiger partial charge >= 0.3 is 5.69 Å². The van der Waals surface area contributed by atoms with Crippen LogP contribution in [0.1, 0.15) is 17.0 Å². The Morgan fingerprint density at radius 1 is 1.19 bits per heavy atom. The van der Waals surface area contributed by atoms with Crippen LogP contribution in [0.25, 0.3) is 12.2 Å². The highest BCUT2D eigenvalue weighted by Crippen LogP contribution is 2.27. The van der Waals surface area contributed by atoms with Crippen molar-refractivity contribution in [3.63, 3.8) is 0 Å². The third-order valence-corrected chi connectivity index (χ3v) is 2.84. The maximum absolute atomic E-state index is 10.9. The molecule has 0 aliphatic rings. The Morgan fingerprint density at radius 3 is 2.33 bits per heavy atom. The summed E-state index contributed by atoms with van der Waals surface area (Å²) in [5.41, 5.74) is 0.860. The van der Waals surface area contributed by atoms with Gasteiger partial charge in [0, 0.05) is 6.07 Å². The average Bonchev–Trinajstić information content (AvgIpc) is 2.85. The van der Waals surface area contributed by atoms with Crippen molar-refractivity contribution in [1.82, 2.24) is 5.16 Å². The molecule has 0 unspecified atom stereocenters. The van der Waals surface area contributed by atoms with E-state index in [2.05, 4.69) is 5.16 Å². The molecule has 0 N–H and O–H groups in total. The van der Waals surface area contributed by atoms with E-state index in [0.29, 0.717) is 11.5 Å². The zero-order valence-electron chi connectivity index (χ0n) is 11.8. The summed E-state index contributed by atoms with van der Waals surface area (Å²) in [6.07, 6.45) is 3.16. The van der Waals surface area contributed by atoms with E-state index in [0.717, 1.165) is 5.56 Å². The highest BCUT2D eigenvalue weighted by atomic mass is 16.6. The van der Waals surface area contributed by atoms with Crippen LogP contribution in [0, 0.1) is 17.0 Å². The molecule has 0 aliphatic heterocycles. The first-order chi connectivity index (χ1) is 10.0. The monoisotopic (exact) mass is 290 g/mol. The van der Waals surface area contributed by atoms with Crippen molar-refractivity contribution in [2.75, 3.05) is 14.2 Å². The van der Waals surface area contributed by atoms with Gasteiger partial charge in [0.2, 0.25) is 5.76 Å². The summed E-state index contributed by atoms with van der Waals surface area (Å²) in [7, 11) is 3.10. The van der Waals surface area contributed by atoms with Crippen molar-refractivity contribution >= 4 is 17.8 Å². The van der Waals surface area contributed by atoms with Crippen molar-refractivity contribution in [2.24, 2.45) is 0 Å². The van der Waals surface area contributed by atoms with Crippen LogP contribution in [0.15, 0.2) is 22.7 Å². The summed E-state index contributed by atoms with van der Waals surface area (Å²) < 4.78 is 15.3. The molecule has 0 amide bonds. The lowest BCUT2D eigenvalue weighted by molar-refractivity contribution is -0.386. The standard InChI is InChI=1S/C14H14N2O5/c1-9-14(16(17)18)13(21-15-9)5-4-10-6-11(19-2)8-12(7-10)20-3/h4-8H,1-3H3/b5-4-. The largest absolute Gasteiger partial charge is 0.497 e. The van der Waals surface area contributed by atoms with Gasteiger partial charge in [-0.2, -0.15) is 0 Å². The number of hydrogen-bond donors (Lipinski definition) is 0. The minimum Gasteiger partial charge on any atom is -0.497 e. The van der Waals surface area contributed by atoms with Crippen LogP contribution < -0.4 is 9.47 Å². The molecule has 0 saturated heterocycles. The number of aromatic nitrogens is 1. The Kier molecular flexibility index (Phi) is 4.22. The summed E-state index contributed by atoms with van der Waals surface area (Å²) in [5, 5.41) is 14.5. The van der Waals surface area contributed by atoms with Gasteiger partial charge in [-0.3, -0.25) is 10.1 Å². The molecular weight excluding hydrogens is 276 g/mol. The Bertz CT molecular complexity index is 668. The maximum atomic E-state index is 10.9. The van der Waals surface area contributed by atoms with E-state index < -0.39 is 4.92 Å². The first-order valence-electron chi connectivity index (χ1n) is 6.07. The molecular formula is C14H14N2O5. The lowest BCUT2D eigenvalue weighted by atomic mass is 10.1. The number of aryl methyl sites for hydroxylation is 1. The molecule has 0 atom stereocenters. The van der Waals surface area contributed by atoms with Crippen LogP contribution in [-0.4, -0.2) is 24.3 Å². The van der Waals surface area contributed by atoms with Crippen LogP contribution in [0.4, 0.5) is 5.69 Å². The van der Waals surface area contributed by atoms with Crippen molar-refractivity contribution in [1.29, 1.82) is 0 Å². The van der Waals surface area contributed by atoms with Gasteiger partial charge in [0.15, 0.2) is 5.69 Å². The van der Waals surface area contributed by atoms with E-state index in [4.69, 9.17) is 14.0 Å².